The minimum absolute atomic E-state index is 0.133. The van der Waals surface area contributed by atoms with Crippen LogP contribution in [0.2, 0.25) is 0 Å². The largest absolute Gasteiger partial charge is 0.395 e. The van der Waals surface area contributed by atoms with Gasteiger partial charge in [-0.05, 0) is 18.2 Å². The van der Waals surface area contributed by atoms with Gasteiger partial charge in [0.05, 0.1) is 17.6 Å². The van der Waals surface area contributed by atoms with Gasteiger partial charge in [-0.25, -0.2) is 0 Å². The summed E-state index contributed by atoms with van der Waals surface area (Å²) in [5.74, 6) is 6.17. The van der Waals surface area contributed by atoms with Crippen molar-refractivity contribution in [1.82, 2.24) is 4.68 Å². The fraction of sp³-hybridized carbons (Fsp3) is 0.200. The van der Waals surface area contributed by atoms with Crippen LogP contribution < -0.4 is 10.7 Å². The molecule has 0 amide bonds. The van der Waals surface area contributed by atoms with Crippen LogP contribution in [-0.4, -0.2) is 30.0 Å². The summed E-state index contributed by atoms with van der Waals surface area (Å²) in [5.41, 5.74) is 3.11. The molecular formula is C15H17N3O. The van der Waals surface area contributed by atoms with Crippen LogP contribution in [0.25, 0.3) is 21.8 Å². The topological polar surface area (TPSA) is 54.4 Å². The zero-order valence-corrected chi connectivity index (χ0v) is 10.9. The van der Waals surface area contributed by atoms with Crippen molar-refractivity contribution in [2.24, 2.45) is 0 Å². The van der Waals surface area contributed by atoms with Gasteiger partial charge in [0.1, 0.15) is 0 Å². The number of nitrogens with two attached hydrogens (primary N) is 1. The normalized spacial score (nSPS) is 11.3. The van der Waals surface area contributed by atoms with E-state index in [9.17, 15) is 0 Å². The molecule has 2 aromatic carbocycles. The first-order valence-electron chi connectivity index (χ1n) is 6.33. The predicted molar refractivity (Wildman–Crippen MR) is 80.0 cm³/mol. The van der Waals surface area contributed by atoms with Gasteiger partial charge < -0.3 is 15.8 Å². The Morgan fingerprint density at radius 1 is 1.11 bits per heavy atom. The Balaban J connectivity index is 2.38. The minimum Gasteiger partial charge on any atom is -0.395 e. The third-order valence-electron chi connectivity index (χ3n) is 3.56. The lowest BCUT2D eigenvalue weighted by molar-refractivity contribution is 0.304. The molecule has 3 N–H and O–H groups in total. The van der Waals surface area contributed by atoms with Gasteiger partial charge in [0.2, 0.25) is 0 Å². The molecule has 0 spiro atoms. The van der Waals surface area contributed by atoms with E-state index in [-0.39, 0.29) is 6.61 Å². The van der Waals surface area contributed by atoms with Crippen LogP contribution >= 0.6 is 0 Å². The van der Waals surface area contributed by atoms with Gasteiger partial charge >= 0.3 is 0 Å². The molecule has 4 heteroatoms. The van der Waals surface area contributed by atoms with Gasteiger partial charge in [-0.15, -0.1) is 0 Å². The van der Waals surface area contributed by atoms with E-state index in [0.29, 0.717) is 6.54 Å². The number of rotatable bonds is 3. The molecule has 1 heterocycles. The van der Waals surface area contributed by atoms with Crippen molar-refractivity contribution in [2.75, 3.05) is 30.9 Å². The lowest BCUT2D eigenvalue weighted by Crippen LogP contribution is -2.21. The second-order valence-corrected chi connectivity index (χ2v) is 4.70. The van der Waals surface area contributed by atoms with Crippen molar-refractivity contribution in [3.8, 4) is 0 Å². The fourth-order valence-electron chi connectivity index (χ4n) is 2.62. The number of benzene rings is 2. The van der Waals surface area contributed by atoms with Gasteiger partial charge in [-0.3, -0.25) is 4.68 Å². The number of aliphatic hydroxyl groups excluding tert-OH is 1. The molecule has 0 saturated carbocycles. The van der Waals surface area contributed by atoms with E-state index < -0.39 is 0 Å². The molecule has 0 saturated heterocycles. The van der Waals surface area contributed by atoms with Crippen LogP contribution in [-0.2, 0) is 0 Å². The molecule has 3 aromatic rings. The molecule has 1 aromatic heterocycles. The van der Waals surface area contributed by atoms with Crippen molar-refractivity contribution in [3.05, 3.63) is 42.5 Å². The van der Waals surface area contributed by atoms with Crippen LogP contribution in [0, 0.1) is 0 Å². The Morgan fingerprint density at radius 2 is 1.84 bits per heavy atom. The standard InChI is InChI=1S/C15H17N3O/c1-17(9-10-19)13-7-4-8-14-15(13)11-5-2-3-6-12(11)18(14)16/h2-8,19H,9-10,16H2,1H3. The Hall–Kier alpha value is -2.20. The summed E-state index contributed by atoms with van der Waals surface area (Å²) in [6, 6.07) is 14.2. The van der Waals surface area contributed by atoms with Crippen molar-refractivity contribution < 1.29 is 5.11 Å². The number of aromatic nitrogens is 1. The summed E-state index contributed by atoms with van der Waals surface area (Å²) in [6.45, 7) is 0.733. The minimum atomic E-state index is 0.133. The van der Waals surface area contributed by atoms with E-state index in [1.165, 1.54) is 0 Å². The van der Waals surface area contributed by atoms with Crippen LogP contribution in [0.15, 0.2) is 42.5 Å². The molecule has 3 rings (SSSR count). The molecule has 0 aliphatic rings. The SMILES string of the molecule is CN(CCO)c1cccc2c1c1ccccc1n2N. The van der Waals surface area contributed by atoms with E-state index in [2.05, 4.69) is 17.0 Å². The maximum atomic E-state index is 9.12. The summed E-state index contributed by atoms with van der Waals surface area (Å²) in [7, 11) is 1.98. The lowest BCUT2D eigenvalue weighted by atomic mass is 10.1. The Labute approximate surface area is 111 Å². The smallest absolute Gasteiger partial charge is 0.0724 e. The van der Waals surface area contributed by atoms with E-state index in [4.69, 9.17) is 10.9 Å². The molecule has 0 aliphatic heterocycles. The molecule has 0 radical (unpaired) electrons. The van der Waals surface area contributed by atoms with Crippen molar-refractivity contribution in [1.29, 1.82) is 0 Å². The third-order valence-corrected chi connectivity index (χ3v) is 3.56. The Morgan fingerprint density at radius 3 is 2.63 bits per heavy atom. The van der Waals surface area contributed by atoms with E-state index >= 15 is 0 Å². The summed E-state index contributed by atoms with van der Waals surface area (Å²) < 4.78 is 1.72. The maximum absolute atomic E-state index is 9.12. The fourth-order valence-corrected chi connectivity index (χ4v) is 2.62. The second kappa shape index (κ2) is 4.48. The highest BCUT2D eigenvalue weighted by Gasteiger charge is 2.13. The number of likely N-dealkylation sites (N-methyl/N-ethyl adjacent to an activating group) is 1. The zero-order chi connectivity index (χ0) is 13.4. The highest BCUT2D eigenvalue weighted by atomic mass is 16.3. The van der Waals surface area contributed by atoms with Gasteiger partial charge in [-0.1, -0.05) is 24.3 Å². The van der Waals surface area contributed by atoms with Crippen LogP contribution in [0.1, 0.15) is 0 Å². The molecule has 19 heavy (non-hydrogen) atoms. The molecular weight excluding hydrogens is 238 g/mol. The van der Waals surface area contributed by atoms with E-state index in [1.807, 2.05) is 37.4 Å². The first kappa shape index (κ1) is 11.9. The average molecular weight is 255 g/mol. The number of aliphatic hydroxyl groups is 1. The van der Waals surface area contributed by atoms with E-state index in [0.717, 1.165) is 27.5 Å². The van der Waals surface area contributed by atoms with Crippen molar-refractivity contribution in [3.63, 3.8) is 0 Å². The Kier molecular flexibility index (Phi) is 2.80. The Bertz CT molecular complexity index is 733. The summed E-state index contributed by atoms with van der Waals surface area (Å²) in [4.78, 5) is 2.05. The first-order valence-corrected chi connectivity index (χ1v) is 6.33. The number of anilines is 1. The van der Waals surface area contributed by atoms with Crippen molar-refractivity contribution in [2.45, 2.75) is 0 Å². The molecule has 0 aliphatic carbocycles. The number of nitrogens with zero attached hydrogens (tertiary/aromatic N) is 2. The van der Waals surface area contributed by atoms with Gasteiger partial charge in [0.25, 0.3) is 0 Å². The second-order valence-electron chi connectivity index (χ2n) is 4.70. The summed E-state index contributed by atoms with van der Waals surface area (Å²) in [5, 5.41) is 11.4. The van der Waals surface area contributed by atoms with Gasteiger partial charge in [0, 0.05) is 30.1 Å². The number of fused-ring (bicyclic) bond motifs is 3. The van der Waals surface area contributed by atoms with E-state index in [1.54, 1.807) is 4.68 Å². The monoisotopic (exact) mass is 255 g/mol. The summed E-state index contributed by atoms with van der Waals surface area (Å²) >= 11 is 0. The highest BCUT2D eigenvalue weighted by molar-refractivity contribution is 6.14. The molecule has 0 fully saturated rings. The highest BCUT2D eigenvalue weighted by Crippen LogP contribution is 2.34. The number of nitrogen functional groups attached to an aromatic ring is 1. The molecule has 98 valence electrons. The quantitative estimate of drug-likeness (QED) is 0.703. The maximum Gasteiger partial charge on any atom is 0.0724 e. The third kappa shape index (κ3) is 1.72. The molecule has 4 nitrogen and oxygen atoms in total. The van der Waals surface area contributed by atoms with Crippen LogP contribution in [0.4, 0.5) is 5.69 Å². The first-order chi connectivity index (χ1) is 9.24. The number of para-hydroxylation sites is 1. The van der Waals surface area contributed by atoms with Crippen LogP contribution in [0.3, 0.4) is 0 Å². The van der Waals surface area contributed by atoms with Gasteiger partial charge in [0.15, 0.2) is 0 Å². The van der Waals surface area contributed by atoms with Crippen LogP contribution in [0.5, 0.6) is 0 Å². The molecule has 0 bridgehead atoms. The average Bonchev–Trinajstić information content (AvgIpc) is 2.73. The lowest BCUT2D eigenvalue weighted by Gasteiger charge is -2.19. The zero-order valence-electron chi connectivity index (χ0n) is 10.9. The number of hydrogen-bond acceptors (Lipinski definition) is 3. The predicted octanol–water partition coefficient (Wildman–Crippen LogP) is 1.94. The molecule has 0 atom stereocenters. The summed E-state index contributed by atoms with van der Waals surface area (Å²) in [6.07, 6.45) is 0. The molecule has 0 unspecified atom stereocenters. The number of hydrogen-bond donors (Lipinski definition) is 2. The van der Waals surface area contributed by atoms with Gasteiger partial charge in [-0.2, -0.15) is 0 Å². The van der Waals surface area contributed by atoms with Crippen molar-refractivity contribution >= 4 is 27.5 Å².